The van der Waals surface area contributed by atoms with E-state index in [4.69, 9.17) is 10.5 Å². The Morgan fingerprint density at radius 1 is 0.897 bits per heavy atom. The maximum absolute atomic E-state index is 11.4. The zero-order valence-electron chi connectivity index (χ0n) is 22.3. The fourth-order valence-electron chi connectivity index (χ4n) is 6.06. The Balaban J connectivity index is 1.17. The van der Waals surface area contributed by atoms with Gasteiger partial charge in [0.05, 0.1) is 5.39 Å². The van der Waals surface area contributed by atoms with Crippen LogP contribution in [-0.4, -0.2) is 62.6 Å². The number of piperazine rings is 1. The molecule has 1 amide bonds. The Morgan fingerprint density at radius 3 is 2.26 bits per heavy atom. The summed E-state index contributed by atoms with van der Waals surface area (Å²) in [6.45, 7) is 5.28. The average molecular weight is 526 g/mol. The second-order valence-corrected chi connectivity index (χ2v) is 10.5. The number of nitrogens with two attached hydrogens (primary N) is 1. The molecule has 2 fully saturated rings. The molecule has 1 aliphatic carbocycles. The number of para-hydroxylation sites is 1. The van der Waals surface area contributed by atoms with Gasteiger partial charge in [0, 0.05) is 56.9 Å². The van der Waals surface area contributed by atoms with E-state index in [-0.39, 0.29) is 5.91 Å². The number of nitrogens with one attached hydrogen (secondary N) is 1. The molecule has 3 N–H and O–H groups in total. The Labute approximate surface area is 228 Å². The number of hydrogen-bond acceptors (Lipinski definition) is 7. The van der Waals surface area contributed by atoms with Gasteiger partial charge in [0.2, 0.25) is 5.91 Å². The van der Waals surface area contributed by atoms with Crippen molar-refractivity contribution >= 4 is 22.8 Å². The molecule has 2 aliphatic rings. The number of aromatic nitrogens is 3. The monoisotopic (exact) mass is 525 g/mol. The minimum Gasteiger partial charge on any atom is -0.457 e. The first-order valence-corrected chi connectivity index (χ1v) is 13.8. The Kier molecular flexibility index (Phi) is 7.17. The predicted octanol–water partition coefficient (Wildman–Crippen LogP) is 4.63. The van der Waals surface area contributed by atoms with Gasteiger partial charge in [-0.3, -0.25) is 15.1 Å². The minimum absolute atomic E-state index is 0.00295. The van der Waals surface area contributed by atoms with E-state index in [2.05, 4.69) is 43.2 Å². The summed E-state index contributed by atoms with van der Waals surface area (Å²) < 4.78 is 8.31. The molecule has 1 saturated heterocycles. The lowest BCUT2D eigenvalue weighted by atomic mass is 9.89. The van der Waals surface area contributed by atoms with Crippen LogP contribution in [0.2, 0.25) is 0 Å². The third-order valence-corrected chi connectivity index (χ3v) is 7.99. The second kappa shape index (κ2) is 11.0. The van der Waals surface area contributed by atoms with Crippen molar-refractivity contribution in [1.29, 1.82) is 0 Å². The molecule has 1 saturated carbocycles. The second-order valence-electron chi connectivity index (χ2n) is 10.5. The molecular formula is C30H35N7O2. The van der Waals surface area contributed by atoms with Crippen molar-refractivity contribution in [3.8, 4) is 22.6 Å². The number of rotatable bonds is 6. The summed E-state index contributed by atoms with van der Waals surface area (Å²) in [5.41, 5.74) is 12.3. The van der Waals surface area contributed by atoms with Crippen LogP contribution in [0.1, 0.15) is 38.6 Å². The summed E-state index contributed by atoms with van der Waals surface area (Å²) in [5.74, 6) is 2.10. The molecule has 6 rings (SSSR count). The topological polar surface area (TPSA) is 102 Å². The van der Waals surface area contributed by atoms with Crippen LogP contribution in [0.5, 0.6) is 11.5 Å². The molecule has 0 radical (unpaired) electrons. The number of nitrogens with zero attached hydrogens (tertiary/aromatic N) is 5. The fourth-order valence-corrected chi connectivity index (χ4v) is 6.06. The highest BCUT2D eigenvalue weighted by Gasteiger charge is 2.30. The number of hydrazine groups is 1. The van der Waals surface area contributed by atoms with Crippen molar-refractivity contribution in [1.82, 2.24) is 29.9 Å². The van der Waals surface area contributed by atoms with Crippen LogP contribution in [0.3, 0.4) is 0 Å². The van der Waals surface area contributed by atoms with E-state index < -0.39 is 0 Å². The Morgan fingerprint density at radius 2 is 1.56 bits per heavy atom. The third kappa shape index (κ3) is 5.46. The number of hydrogen-bond donors (Lipinski definition) is 2. The lowest BCUT2D eigenvalue weighted by Gasteiger charge is -2.42. The zero-order chi connectivity index (χ0) is 26.8. The normalized spacial score (nSPS) is 20.6. The maximum Gasteiger partial charge on any atom is 0.231 e. The summed E-state index contributed by atoms with van der Waals surface area (Å²) in [5, 5.41) is 2.94. The number of carbonyl (C=O) groups excluding carboxylic acids is 1. The number of fused-ring (bicyclic) bond motifs is 1. The molecule has 3 heterocycles. The number of carbonyl (C=O) groups is 1. The lowest BCUT2D eigenvalue weighted by molar-refractivity contribution is -0.124. The first kappa shape index (κ1) is 25.3. The van der Waals surface area contributed by atoms with E-state index in [1.54, 1.807) is 13.3 Å². The van der Waals surface area contributed by atoms with Crippen LogP contribution >= 0.6 is 0 Å². The number of benzene rings is 2. The molecule has 4 aromatic rings. The van der Waals surface area contributed by atoms with Gasteiger partial charge < -0.3 is 15.0 Å². The van der Waals surface area contributed by atoms with Crippen LogP contribution in [0.25, 0.3) is 22.2 Å². The van der Waals surface area contributed by atoms with Gasteiger partial charge in [-0.1, -0.05) is 30.3 Å². The average Bonchev–Trinajstić information content (AvgIpc) is 3.35. The van der Waals surface area contributed by atoms with E-state index in [0.29, 0.717) is 17.9 Å². The predicted molar refractivity (Wildman–Crippen MR) is 152 cm³/mol. The molecule has 202 valence electrons. The van der Waals surface area contributed by atoms with Crippen molar-refractivity contribution in [2.45, 2.75) is 44.7 Å². The van der Waals surface area contributed by atoms with Gasteiger partial charge in [-0.15, -0.1) is 0 Å². The smallest absolute Gasteiger partial charge is 0.231 e. The molecular weight excluding hydrogens is 490 g/mol. The first-order valence-electron chi connectivity index (χ1n) is 13.8. The van der Waals surface area contributed by atoms with Crippen molar-refractivity contribution < 1.29 is 9.53 Å². The van der Waals surface area contributed by atoms with Crippen molar-refractivity contribution in [3.63, 3.8) is 0 Å². The first-order chi connectivity index (χ1) is 19.0. The molecule has 0 spiro atoms. The number of amides is 1. The number of ether oxygens (including phenoxy) is 1. The summed E-state index contributed by atoms with van der Waals surface area (Å²) in [4.78, 5) is 22.9. The Hall–Kier alpha value is -3.95. The van der Waals surface area contributed by atoms with E-state index >= 15 is 0 Å². The van der Waals surface area contributed by atoms with Crippen LogP contribution in [0.4, 0.5) is 5.82 Å². The summed E-state index contributed by atoms with van der Waals surface area (Å²) in [7, 11) is 0. The van der Waals surface area contributed by atoms with E-state index in [1.165, 1.54) is 0 Å². The molecule has 0 atom stereocenters. The zero-order valence-corrected chi connectivity index (χ0v) is 22.3. The lowest BCUT2D eigenvalue weighted by Crippen LogP contribution is -2.55. The van der Waals surface area contributed by atoms with Crippen molar-refractivity contribution in [2.75, 3.05) is 31.9 Å². The van der Waals surface area contributed by atoms with Gasteiger partial charge in [-0.2, -0.15) is 0 Å². The van der Waals surface area contributed by atoms with Crippen molar-refractivity contribution in [3.05, 3.63) is 67.1 Å². The van der Waals surface area contributed by atoms with Crippen LogP contribution in [0, 0.1) is 0 Å². The standard InChI is InChI=1S/C30H35N7O2/c1-21(38)34-36-17-15-35(16-18-36)23-9-11-24(12-10-23)37-19-27(28-29(31)32-20-33-30(28)37)22-7-13-26(14-8-22)39-25-5-3-2-4-6-25/h2-8,13-14,19-20,23-24H,9-12,15-18H2,1H3,(H,34,38)(H2,31,32,33)/t23-,24-. The van der Waals surface area contributed by atoms with Crippen LogP contribution < -0.4 is 15.9 Å². The molecule has 39 heavy (non-hydrogen) atoms. The largest absolute Gasteiger partial charge is 0.457 e. The summed E-state index contributed by atoms with van der Waals surface area (Å²) in [6, 6.07) is 18.9. The molecule has 9 heteroatoms. The SMILES string of the molecule is CC(=O)NN1CCN([C@H]2CC[C@H](n3cc(-c4ccc(Oc5ccccc5)cc4)c4c(N)ncnc43)CC2)CC1. The van der Waals surface area contributed by atoms with Gasteiger partial charge in [-0.05, 0) is 55.5 Å². The summed E-state index contributed by atoms with van der Waals surface area (Å²) >= 11 is 0. The number of nitrogen functional groups attached to an aromatic ring is 1. The molecule has 2 aromatic carbocycles. The van der Waals surface area contributed by atoms with E-state index in [1.807, 2.05) is 47.5 Å². The molecule has 9 nitrogen and oxygen atoms in total. The molecule has 2 aromatic heterocycles. The Bertz CT molecular complexity index is 1420. The molecule has 1 aliphatic heterocycles. The fraction of sp³-hybridized carbons (Fsp3) is 0.367. The summed E-state index contributed by atoms with van der Waals surface area (Å²) in [6.07, 6.45) is 8.24. The molecule has 0 unspecified atom stereocenters. The van der Waals surface area contributed by atoms with Crippen LogP contribution in [-0.2, 0) is 4.79 Å². The van der Waals surface area contributed by atoms with Crippen molar-refractivity contribution in [2.24, 2.45) is 0 Å². The van der Waals surface area contributed by atoms with Gasteiger partial charge in [0.25, 0.3) is 0 Å². The number of anilines is 1. The minimum atomic E-state index is 0.00295. The maximum atomic E-state index is 11.4. The third-order valence-electron chi connectivity index (χ3n) is 7.99. The van der Waals surface area contributed by atoms with Gasteiger partial charge in [-0.25, -0.2) is 15.0 Å². The van der Waals surface area contributed by atoms with Gasteiger partial charge >= 0.3 is 0 Å². The highest BCUT2D eigenvalue weighted by molar-refractivity contribution is 6.00. The highest BCUT2D eigenvalue weighted by Crippen LogP contribution is 2.39. The van der Waals surface area contributed by atoms with Gasteiger partial charge in [0.1, 0.15) is 29.3 Å². The quantitative estimate of drug-likeness (QED) is 0.379. The van der Waals surface area contributed by atoms with E-state index in [0.717, 1.165) is 85.5 Å². The van der Waals surface area contributed by atoms with Crippen LogP contribution in [0.15, 0.2) is 67.1 Å². The van der Waals surface area contributed by atoms with E-state index in [9.17, 15) is 4.79 Å². The highest BCUT2D eigenvalue weighted by atomic mass is 16.5. The molecule has 0 bridgehead atoms. The van der Waals surface area contributed by atoms with Gasteiger partial charge in [0.15, 0.2) is 0 Å².